The predicted molar refractivity (Wildman–Crippen MR) is 34.2 cm³/mol. The lowest BCUT2D eigenvalue weighted by molar-refractivity contribution is 0.206. The lowest BCUT2D eigenvalue weighted by atomic mass is 10.8. The Bertz CT molecular complexity index is 125. The van der Waals surface area contributed by atoms with Gasteiger partial charge in [-0.15, -0.1) is 0 Å². The second kappa shape index (κ2) is 4.31. The molecule has 0 fully saturated rings. The Morgan fingerprint density at radius 3 is 2.67 bits per heavy atom. The minimum absolute atomic E-state index is 0.482. The van der Waals surface area contributed by atoms with Crippen molar-refractivity contribution < 1.29 is 13.2 Å². The second-order valence-electron chi connectivity index (χ2n) is 1.30. The van der Waals surface area contributed by atoms with Gasteiger partial charge in [0.05, 0.1) is 0 Å². The molecule has 0 saturated carbocycles. The summed E-state index contributed by atoms with van der Waals surface area (Å²) in [5.41, 5.74) is 0. The van der Waals surface area contributed by atoms with Crippen LogP contribution in [0.1, 0.15) is 6.92 Å². The zero-order valence-electron chi connectivity index (χ0n) is 5.34. The fourth-order valence-corrected chi connectivity index (χ4v) is 0.552. The highest BCUT2D eigenvalue weighted by Gasteiger charge is 1.99. The first-order valence-corrected chi connectivity index (χ1v) is 3.94. The third-order valence-electron chi connectivity index (χ3n) is 0.514. The number of carbonyl (C=O) groups excluding carboxylic acids is 1. The maximum Gasteiger partial charge on any atom is 0.421 e. The summed E-state index contributed by atoms with van der Waals surface area (Å²) in [6, 6.07) is 0. The fourth-order valence-electron chi connectivity index (χ4n) is 0.280. The van der Waals surface area contributed by atoms with Gasteiger partial charge in [-0.1, -0.05) is 0 Å². The average molecular weight is 151 g/mol. The molecule has 0 aromatic rings. The van der Waals surface area contributed by atoms with Crippen LogP contribution in [0.5, 0.6) is 0 Å². The van der Waals surface area contributed by atoms with E-state index in [-0.39, 0.29) is 0 Å². The van der Waals surface area contributed by atoms with E-state index < -0.39 is 17.2 Å². The van der Waals surface area contributed by atoms with Gasteiger partial charge in [-0.2, -0.15) is 0 Å². The molecule has 0 saturated heterocycles. The third kappa shape index (κ3) is 5.29. The van der Waals surface area contributed by atoms with E-state index >= 15 is 0 Å². The summed E-state index contributed by atoms with van der Waals surface area (Å²) < 4.78 is 14.4. The van der Waals surface area contributed by atoms with E-state index in [0.717, 1.165) is 0 Å². The molecule has 0 aliphatic heterocycles. The summed E-state index contributed by atoms with van der Waals surface area (Å²) in [4.78, 5) is 10.3. The number of hydrogen-bond donors (Lipinski definition) is 1. The van der Waals surface area contributed by atoms with Crippen molar-refractivity contribution in [2.75, 3.05) is 12.8 Å². The quantitative estimate of drug-likeness (QED) is 0.605. The first kappa shape index (κ1) is 8.42. The van der Waals surface area contributed by atoms with Gasteiger partial charge in [-0.25, -0.2) is 9.00 Å². The molecule has 1 amide bonds. The first-order chi connectivity index (χ1) is 4.16. The molecule has 4 nitrogen and oxygen atoms in total. The van der Waals surface area contributed by atoms with E-state index in [9.17, 15) is 9.00 Å². The van der Waals surface area contributed by atoms with Gasteiger partial charge in [-0.05, 0) is 6.92 Å². The van der Waals surface area contributed by atoms with Crippen LogP contribution in [-0.2, 0) is 15.3 Å². The summed E-state index contributed by atoms with van der Waals surface area (Å²) in [7, 11) is 0. The Kier molecular flexibility index (Phi) is 4.04. The average Bonchev–Trinajstić information content (AvgIpc) is 1.63. The third-order valence-corrected chi connectivity index (χ3v) is 0.900. The van der Waals surface area contributed by atoms with Crippen LogP contribution in [0, 0.1) is 0 Å². The van der Waals surface area contributed by atoms with E-state index in [1.54, 1.807) is 6.92 Å². The minimum Gasteiger partial charge on any atom is -0.347 e. The summed E-state index contributed by atoms with van der Waals surface area (Å²) in [5, 5.41) is 2.32. The van der Waals surface area contributed by atoms with Crippen LogP contribution in [0.4, 0.5) is 4.79 Å². The van der Waals surface area contributed by atoms with Gasteiger partial charge in [0.2, 0.25) is 11.1 Å². The smallest absolute Gasteiger partial charge is 0.347 e. The van der Waals surface area contributed by atoms with Crippen molar-refractivity contribution in [1.82, 2.24) is 5.32 Å². The largest absolute Gasteiger partial charge is 0.421 e. The molecular weight excluding hydrogens is 142 g/mol. The Morgan fingerprint density at radius 1 is 1.78 bits per heavy atom. The molecule has 0 heterocycles. The summed E-state index contributed by atoms with van der Waals surface area (Å²) >= 11 is -1.51. The maximum absolute atomic E-state index is 10.3. The van der Waals surface area contributed by atoms with Gasteiger partial charge in [0.15, 0.2) is 0 Å². The van der Waals surface area contributed by atoms with Crippen molar-refractivity contribution in [2.24, 2.45) is 0 Å². The number of rotatable bonds is 2. The summed E-state index contributed by atoms with van der Waals surface area (Å²) in [6.45, 7) is 2.23. The zero-order chi connectivity index (χ0) is 7.28. The molecule has 0 rings (SSSR count). The minimum atomic E-state index is -1.51. The van der Waals surface area contributed by atoms with Crippen LogP contribution < -0.4 is 5.32 Å². The SMILES string of the molecule is CCNC(=O)OS(C)=O. The molecule has 9 heavy (non-hydrogen) atoms. The topological polar surface area (TPSA) is 55.4 Å². The zero-order valence-corrected chi connectivity index (χ0v) is 6.16. The normalized spacial score (nSPS) is 12.2. The highest BCUT2D eigenvalue weighted by molar-refractivity contribution is 7.79. The molecule has 0 spiro atoms. The number of hydrogen-bond acceptors (Lipinski definition) is 3. The van der Waals surface area contributed by atoms with Gasteiger partial charge in [-0.3, -0.25) is 0 Å². The number of nitrogens with one attached hydrogen (secondary N) is 1. The number of carbonyl (C=O) groups is 1. The molecule has 0 bridgehead atoms. The summed E-state index contributed by atoms with van der Waals surface area (Å²) in [6.07, 6.45) is 0.647. The molecule has 5 heteroatoms. The molecule has 54 valence electrons. The molecule has 0 aromatic carbocycles. The lowest BCUT2D eigenvalue weighted by Gasteiger charge is -1.98. The van der Waals surface area contributed by atoms with Gasteiger partial charge in [0.1, 0.15) is 0 Å². The highest BCUT2D eigenvalue weighted by Crippen LogP contribution is 1.79. The molecule has 0 radical (unpaired) electrons. The molecular formula is C4H9NO3S. The van der Waals surface area contributed by atoms with E-state index in [4.69, 9.17) is 0 Å². The first-order valence-electron chi connectivity index (χ1n) is 2.46. The van der Waals surface area contributed by atoms with E-state index in [1.807, 2.05) is 0 Å². The van der Waals surface area contributed by atoms with E-state index in [1.165, 1.54) is 6.26 Å². The number of amides is 1. The van der Waals surface area contributed by atoms with Crippen LogP contribution >= 0.6 is 0 Å². The summed E-state index contributed by atoms with van der Waals surface area (Å²) in [5.74, 6) is 0. The van der Waals surface area contributed by atoms with E-state index in [0.29, 0.717) is 6.54 Å². The van der Waals surface area contributed by atoms with Crippen LogP contribution in [0.25, 0.3) is 0 Å². The fraction of sp³-hybridized carbons (Fsp3) is 0.750. The Morgan fingerprint density at radius 2 is 2.33 bits per heavy atom. The Labute approximate surface area is 56.2 Å². The van der Waals surface area contributed by atoms with Crippen molar-refractivity contribution in [2.45, 2.75) is 6.92 Å². The van der Waals surface area contributed by atoms with Crippen molar-refractivity contribution in [3.05, 3.63) is 0 Å². The van der Waals surface area contributed by atoms with Crippen LogP contribution in [0.15, 0.2) is 0 Å². The van der Waals surface area contributed by atoms with Crippen molar-refractivity contribution in [3.63, 3.8) is 0 Å². The lowest BCUT2D eigenvalue weighted by Crippen LogP contribution is -2.24. The standard InChI is InChI=1S/C4H9NO3S/c1-3-5-4(6)8-9(2)7/h3H2,1-2H3,(H,5,6). The van der Waals surface area contributed by atoms with Crippen LogP contribution in [0.3, 0.4) is 0 Å². The molecule has 1 N–H and O–H groups in total. The molecule has 1 unspecified atom stereocenters. The Balaban J connectivity index is 3.39. The van der Waals surface area contributed by atoms with Crippen molar-refractivity contribution in [3.8, 4) is 0 Å². The predicted octanol–water partition coefficient (Wildman–Crippen LogP) is 0.0260. The molecule has 1 atom stereocenters. The maximum atomic E-state index is 10.3. The van der Waals surface area contributed by atoms with Gasteiger partial charge in [0.25, 0.3) is 0 Å². The molecule has 0 aliphatic carbocycles. The van der Waals surface area contributed by atoms with Crippen LogP contribution in [-0.4, -0.2) is 23.1 Å². The van der Waals surface area contributed by atoms with Gasteiger partial charge in [0, 0.05) is 12.8 Å². The van der Waals surface area contributed by atoms with Gasteiger partial charge < -0.3 is 9.50 Å². The molecule has 0 aromatic heterocycles. The monoisotopic (exact) mass is 151 g/mol. The van der Waals surface area contributed by atoms with Crippen molar-refractivity contribution in [1.29, 1.82) is 0 Å². The highest BCUT2D eigenvalue weighted by atomic mass is 32.2. The van der Waals surface area contributed by atoms with E-state index in [2.05, 4.69) is 9.50 Å². The Hall–Kier alpha value is -0.580. The molecule has 0 aliphatic rings. The second-order valence-corrected chi connectivity index (χ2v) is 2.27. The van der Waals surface area contributed by atoms with Gasteiger partial charge >= 0.3 is 6.09 Å². The van der Waals surface area contributed by atoms with Crippen LogP contribution in [0.2, 0.25) is 0 Å². The van der Waals surface area contributed by atoms with Crippen molar-refractivity contribution >= 4 is 17.2 Å².